The number of aryl methyl sites for hydroxylation is 1. The second kappa shape index (κ2) is 5.87. The molecule has 0 spiro atoms. The summed E-state index contributed by atoms with van der Waals surface area (Å²) in [5.41, 5.74) is 2.60. The van der Waals surface area contributed by atoms with Gasteiger partial charge in [-0.1, -0.05) is 42.5 Å². The summed E-state index contributed by atoms with van der Waals surface area (Å²) >= 11 is 0. The SMILES string of the molecule is FC(F)(F)c1ccc(/C=C/C2CCc3ccccc3N2)cc1. The molecule has 2 aromatic rings. The van der Waals surface area contributed by atoms with E-state index in [1.54, 1.807) is 0 Å². The Labute approximate surface area is 127 Å². The van der Waals surface area contributed by atoms with Crippen LogP contribution in [0, 0.1) is 0 Å². The molecular weight excluding hydrogens is 287 g/mol. The maximum Gasteiger partial charge on any atom is 0.416 e. The van der Waals surface area contributed by atoms with Crippen molar-refractivity contribution in [2.75, 3.05) is 5.32 Å². The number of para-hydroxylation sites is 1. The topological polar surface area (TPSA) is 12.0 Å². The van der Waals surface area contributed by atoms with Gasteiger partial charge in [0.25, 0.3) is 0 Å². The maximum atomic E-state index is 12.5. The van der Waals surface area contributed by atoms with Crippen LogP contribution in [-0.2, 0) is 12.6 Å². The molecule has 1 atom stereocenters. The Morgan fingerprint density at radius 1 is 1.00 bits per heavy atom. The quantitative estimate of drug-likeness (QED) is 0.809. The molecule has 0 radical (unpaired) electrons. The molecule has 1 aliphatic heterocycles. The molecule has 22 heavy (non-hydrogen) atoms. The van der Waals surface area contributed by atoms with Gasteiger partial charge in [-0.3, -0.25) is 0 Å². The molecule has 0 saturated carbocycles. The van der Waals surface area contributed by atoms with E-state index in [2.05, 4.69) is 11.4 Å². The van der Waals surface area contributed by atoms with Crippen LogP contribution in [0.2, 0.25) is 0 Å². The van der Waals surface area contributed by atoms with Gasteiger partial charge >= 0.3 is 6.18 Å². The van der Waals surface area contributed by atoms with Gasteiger partial charge in [-0.25, -0.2) is 0 Å². The average molecular weight is 303 g/mol. The standard InChI is InChI=1S/C18H16F3N/c19-18(20,21)15-9-5-13(6-10-15)7-11-16-12-8-14-3-1-2-4-17(14)22-16/h1-7,9-11,16,22H,8,12H2/b11-7+. The number of benzene rings is 2. The second-order valence-corrected chi connectivity index (χ2v) is 5.43. The minimum atomic E-state index is -4.28. The molecule has 4 heteroatoms. The summed E-state index contributed by atoms with van der Waals surface area (Å²) in [6.07, 6.45) is 1.58. The minimum absolute atomic E-state index is 0.206. The molecule has 0 aliphatic carbocycles. The monoisotopic (exact) mass is 303 g/mol. The Balaban J connectivity index is 1.68. The first-order valence-electron chi connectivity index (χ1n) is 7.22. The zero-order chi connectivity index (χ0) is 15.6. The predicted octanol–water partition coefficient (Wildman–Crippen LogP) is 5.15. The molecule has 1 heterocycles. The normalized spacial score (nSPS) is 18.0. The van der Waals surface area contributed by atoms with E-state index in [1.165, 1.54) is 17.7 Å². The fourth-order valence-electron chi connectivity index (χ4n) is 2.62. The fraction of sp³-hybridized carbons (Fsp3) is 0.222. The summed E-state index contributed by atoms with van der Waals surface area (Å²) in [5.74, 6) is 0. The Kier molecular flexibility index (Phi) is 3.92. The molecule has 1 N–H and O–H groups in total. The van der Waals surface area contributed by atoms with Gasteiger partial charge in [-0.2, -0.15) is 13.2 Å². The van der Waals surface area contributed by atoms with Crippen LogP contribution in [0.25, 0.3) is 6.08 Å². The van der Waals surface area contributed by atoms with Crippen LogP contribution >= 0.6 is 0 Å². The lowest BCUT2D eigenvalue weighted by molar-refractivity contribution is -0.137. The van der Waals surface area contributed by atoms with Crippen LogP contribution in [-0.4, -0.2) is 6.04 Å². The van der Waals surface area contributed by atoms with E-state index in [-0.39, 0.29) is 6.04 Å². The highest BCUT2D eigenvalue weighted by molar-refractivity contribution is 5.57. The van der Waals surface area contributed by atoms with E-state index in [4.69, 9.17) is 0 Å². The van der Waals surface area contributed by atoms with Crippen molar-refractivity contribution < 1.29 is 13.2 Å². The zero-order valence-corrected chi connectivity index (χ0v) is 11.9. The van der Waals surface area contributed by atoms with Crippen molar-refractivity contribution in [3.63, 3.8) is 0 Å². The number of hydrogen-bond donors (Lipinski definition) is 1. The van der Waals surface area contributed by atoms with Gasteiger partial charge in [-0.05, 0) is 42.2 Å². The summed E-state index contributed by atoms with van der Waals surface area (Å²) in [5, 5.41) is 3.44. The molecule has 114 valence electrons. The van der Waals surface area contributed by atoms with E-state index in [9.17, 15) is 13.2 Å². The van der Waals surface area contributed by atoms with E-state index in [0.29, 0.717) is 0 Å². The summed E-state index contributed by atoms with van der Waals surface area (Å²) in [6, 6.07) is 13.6. The van der Waals surface area contributed by atoms with E-state index in [1.807, 2.05) is 30.4 Å². The molecule has 0 amide bonds. The number of anilines is 1. The molecule has 1 unspecified atom stereocenters. The number of alkyl halides is 3. The first-order chi connectivity index (χ1) is 10.5. The van der Waals surface area contributed by atoms with Crippen molar-refractivity contribution in [3.8, 4) is 0 Å². The van der Waals surface area contributed by atoms with Crippen molar-refractivity contribution in [2.45, 2.75) is 25.1 Å². The molecule has 0 bridgehead atoms. The minimum Gasteiger partial charge on any atom is -0.379 e. The molecular formula is C18H16F3N. The van der Waals surface area contributed by atoms with Crippen molar-refractivity contribution >= 4 is 11.8 Å². The van der Waals surface area contributed by atoms with Crippen molar-refractivity contribution in [1.82, 2.24) is 0 Å². The highest BCUT2D eigenvalue weighted by Crippen LogP contribution is 2.29. The van der Waals surface area contributed by atoms with Crippen molar-refractivity contribution in [2.24, 2.45) is 0 Å². The van der Waals surface area contributed by atoms with Crippen LogP contribution in [0.15, 0.2) is 54.6 Å². The Morgan fingerprint density at radius 2 is 1.73 bits per heavy atom. The van der Waals surface area contributed by atoms with Crippen molar-refractivity contribution in [3.05, 3.63) is 71.3 Å². The predicted molar refractivity (Wildman–Crippen MR) is 82.7 cm³/mol. The van der Waals surface area contributed by atoms with Gasteiger partial charge in [0.05, 0.1) is 5.56 Å². The van der Waals surface area contributed by atoms with Gasteiger partial charge in [-0.15, -0.1) is 0 Å². The lowest BCUT2D eigenvalue weighted by Crippen LogP contribution is -2.22. The smallest absolute Gasteiger partial charge is 0.379 e. The Hall–Kier alpha value is -2.23. The van der Waals surface area contributed by atoms with Crippen LogP contribution < -0.4 is 5.32 Å². The highest BCUT2D eigenvalue weighted by Gasteiger charge is 2.29. The third kappa shape index (κ3) is 3.32. The Morgan fingerprint density at radius 3 is 2.45 bits per heavy atom. The zero-order valence-electron chi connectivity index (χ0n) is 11.9. The van der Waals surface area contributed by atoms with Gasteiger partial charge in [0.15, 0.2) is 0 Å². The molecule has 1 aliphatic rings. The summed E-state index contributed by atoms with van der Waals surface area (Å²) < 4.78 is 37.5. The third-order valence-corrected chi connectivity index (χ3v) is 3.84. The van der Waals surface area contributed by atoms with Crippen molar-refractivity contribution in [1.29, 1.82) is 0 Å². The lowest BCUT2D eigenvalue weighted by Gasteiger charge is -2.24. The van der Waals surface area contributed by atoms with Gasteiger partial charge < -0.3 is 5.32 Å². The number of hydrogen-bond acceptors (Lipinski definition) is 1. The molecule has 0 fully saturated rings. The molecule has 3 rings (SSSR count). The van der Waals surface area contributed by atoms with Crippen LogP contribution in [0.4, 0.5) is 18.9 Å². The molecule has 0 saturated heterocycles. The second-order valence-electron chi connectivity index (χ2n) is 5.43. The summed E-state index contributed by atoms with van der Waals surface area (Å²) in [7, 11) is 0. The average Bonchev–Trinajstić information content (AvgIpc) is 2.52. The van der Waals surface area contributed by atoms with Gasteiger partial charge in [0.2, 0.25) is 0 Å². The van der Waals surface area contributed by atoms with Crippen LogP contribution in [0.3, 0.4) is 0 Å². The number of rotatable bonds is 2. The fourth-order valence-corrected chi connectivity index (χ4v) is 2.62. The molecule has 0 aromatic heterocycles. The van der Waals surface area contributed by atoms with E-state index in [0.717, 1.165) is 36.2 Å². The van der Waals surface area contributed by atoms with Crippen LogP contribution in [0.1, 0.15) is 23.1 Å². The summed E-state index contributed by atoms with van der Waals surface area (Å²) in [6.45, 7) is 0. The highest BCUT2D eigenvalue weighted by atomic mass is 19.4. The van der Waals surface area contributed by atoms with E-state index >= 15 is 0 Å². The van der Waals surface area contributed by atoms with Gasteiger partial charge in [0.1, 0.15) is 0 Å². The molecule has 2 aromatic carbocycles. The first-order valence-corrected chi connectivity index (χ1v) is 7.22. The number of halogens is 3. The number of fused-ring (bicyclic) bond motifs is 1. The lowest BCUT2D eigenvalue weighted by atomic mass is 9.97. The largest absolute Gasteiger partial charge is 0.416 e. The summed E-state index contributed by atoms with van der Waals surface area (Å²) in [4.78, 5) is 0. The van der Waals surface area contributed by atoms with Crippen LogP contribution in [0.5, 0.6) is 0 Å². The van der Waals surface area contributed by atoms with Gasteiger partial charge in [0, 0.05) is 11.7 Å². The van der Waals surface area contributed by atoms with E-state index < -0.39 is 11.7 Å². The number of nitrogens with one attached hydrogen (secondary N) is 1. The Bertz CT molecular complexity index is 671. The molecule has 1 nitrogen and oxygen atoms in total. The maximum absolute atomic E-state index is 12.5. The third-order valence-electron chi connectivity index (χ3n) is 3.84. The first kappa shape index (κ1) is 14.7.